The van der Waals surface area contributed by atoms with Crippen LogP contribution >= 0.6 is 0 Å². The van der Waals surface area contributed by atoms with E-state index in [-0.39, 0.29) is 17.7 Å². The van der Waals surface area contributed by atoms with Gasteiger partial charge in [-0.05, 0) is 38.5 Å². The molecule has 0 aromatic heterocycles. The molecule has 0 aromatic carbocycles. The quantitative estimate of drug-likeness (QED) is 0.805. The number of nitrogens with one attached hydrogen (secondary N) is 1. The molecule has 1 aliphatic carbocycles. The molecular weight excluding hydrogens is 330 g/mol. The molecule has 0 aromatic rings. The van der Waals surface area contributed by atoms with Crippen molar-refractivity contribution in [3.05, 3.63) is 0 Å². The predicted octanol–water partition coefficient (Wildman–Crippen LogP) is 1.64. The van der Waals surface area contributed by atoms with Gasteiger partial charge in [0.25, 0.3) is 0 Å². The van der Waals surface area contributed by atoms with Crippen LogP contribution in [0.3, 0.4) is 0 Å². The van der Waals surface area contributed by atoms with Crippen molar-refractivity contribution in [1.29, 1.82) is 0 Å². The Morgan fingerprint density at radius 3 is 2.12 bits per heavy atom. The second kappa shape index (κ2) is 10.3. The molecule has 0 spiro atoms. The molecule has 1 saturated carbocycles. The molecule has 2 amide bonds. The molecule has 0 atom stereocenters. The first-order valence-corrected chi connectivity index (χ1v) is 10.6. The zero-order valence-electron chi connectivity index (χ0n) is 16.1. The van der Waals surface area contributed by atoms with Crippen LogP contribution in [0.1, 0.15) is 51.4 Å². The first kappa shape index (κ1) is 19.6. The van der Waals surface area contributed by atoms with Gasteiger partial charge >= 0.3 is 0 Å². The van der Waals surface area contributed by atoms with Crippen molar-refractivity contribution >= 4 is 11.8 Å². The zero-order valence-corrected chi connectivity index (χ0v) is 16.1. The maximum absolute atomic E-state index is 12.7. The summed E-state index contributed by atoms with van der Waals surface area (Å²) in [6, 6.07) is 0. The van der Waals surface area contributed by atoms with Gasteiger partial charge in [0.05, 0.1) is 13.2 Å². The largest absolute Gasteiger partial charge is 0.379 e. The number of amides is 2. The van der Waals surface area contributed by atoms with Gasteiger partial charge in [0, 0.05) is 51.1 Å². The summed E-state index contributed by atoms with van der Waals surface area (Å²) >= 11 is 0. The standard InChI is InChI=1S/C20H35N3O3/c24-19(21-9-12-22-13-15-26-16-14-22)17-5-7-18(8-6-17)20(25)23-10-3-1-2-4-11-23/h17-18H,1-16H2,(H,21,24). The van der Waals surface area contributed by atoms with Gasteiger partial charge in [0.2, 0.25) is 11.8 Å². The Morgan fingerprint density at radius 2 is 1.46 bits per heavy atom. The minimum absolute atomic E-state index is 0.0906. The van der Waals surface area contributed by atoms with E-state index < -0.39 is 0 Å². The van der Waals surface area contributed by atoms with Crippen molar-refractivity contribution in [1.82, 2.24) is 15.1 Å². The molecule has 3 fully saturated rings. The third-order valence-corrected chi connectivity index (χ3v) is 6.20. The number of morpholine rings is 1. The minimum Gasteiger partial charge on any atom is -0.379 e. The SMILES string of the molecule is O=C(NCCN1CCOCC1)C1CCC(C(=O)N2CCCCCC2)CC1. The second-order valence-corrected chi connectivity index (χ2v) is 8.03. The Hall–Kier alpha value is -1.14. The van der Waals surface area contributed by atoms with Gasteiger partial charge in [-0.25, -0.2) is 0 Å². The summed E-state index contributed by atoms with van der Waals surface area (Å²) in [5.74, 6) is 0.760. The van der Waals surface area contributed by atoms with Crippen LogP contribution in [-0.4, -0.2) is 74.1 Å². The number of carbonyl (C=O) groups is 2. The highest BCUT2D eigenvalue weighted by Gasteiger charge is 2.32. The summed E-state index contributed by atoms with van der Waals surface area (Å²) in [6.45, 7) is 6.98. The molecule has 1 N–H and O–H groups in total. The van der Waals surface area contributed by atoms with Crippen molar-refractivity contribution in [2.75, 3.05) is 52.5 Å². The van der Waals surface area contributed by atoms with Crippen molar-refractivity contribution < 1.29 is 14.3 Å². The van der Waals surface area contributed by atoms with Gasteiger partial charge in [-0.1, -0.05) is 12.8 Å². The molecular formula is C20H35N3O3. The Kier molecular flexibility index (Phi) is 7.74. The van der Waals surface area contributed by atoms with E-state index in [1.54, 1.807) is 0 Å². The lowest BCUT2D eigenvalue weighted by molar-refractivity contribution is -0.138. The van der Waals surface area contributed by atoms with Crippen LogP contribution in [0, 0.1) is 11.8 Å². The summed E-state index contributed by atoms with van der Waals surface area (Å²) in [5.41, 5.74) is 0. The molecule has 2 aliphatic heterocycles. The lowest BCUT2D eigenvalue weighted by Gasteiger charge is -2.31. The van der Waals surface area contributed by atoms with Crippen LogP contribution in [0.15, 0.2) is 0 Å². The normalized spacial score (nSPS) is 28.4. The van der Waals surface area contributed by atoms with E-state index in [1.165, 1.54) is 12.8 Å². The zero-order chi connectivity index (χ0) is 18.2. The van der Waals surface area contributed by atoms with Gasteiger partial charge < -0.3 is 15.0 Å². The molecule has 6 nitrogen and oxygen atoms in total. The van der Waals surface area contributed by atoms with Crippen molar-refractivity contribution in [2.45, 2.75) is 51.4 Å². The lowest BCUT2D eigenvalue weighted by atomic mass is 9.81. The summed E-state index contributed by atoms with van der Waals surface area (Å²) in [4.78, 5) is 29.6. The van der Waals surface area contributed by atoms with Gasteiger partial charge in [-0.15, -0.1) is 0 Å². The van der Waals surface area contributed by atoms with Crippen LogP contribution < -0.4 is 5.32 Å². The molecule has 0 radical (unpaired) electrons. The van der Waals surface area contributed by atoms with Gasteiger partial charge in [-0.2, -0.15) is 0 Å². The Bertz CT molecular complexity index is 449. The number of hydrogen-bond acceptors (Lipinski definition) is 4. The smallest absolute Gasteiger partial charge is 0.225 e. The van der Waals surface area contributed by atoms with E-state index in [1.807, 2.05) is 0 Å². The molecule has 26 heavy (non-hydrogen) atoms. The molecule has 3 aliphatic rings. The van der Waals surface area contributed by atoms with Crippen molar-refractivity contribution in [2.24, 2.45) is 11.8 Å². The minimum atomic E-state index is 0.0906. The maximum atomic E-state index is 12.7. The van der Waals surface area contributed by atoms with Crippen molar-refractivity contribution in [3.8, 4) is 0 Å². The Morgan fingerprint density at radius 1 is 0.846 bits per heavy atom. The molecule has 0 bridgehead atoms. The third kappa shape index (κ3) is 5.68. The highest BCUT2D eigenvalue weighted by molar-refractivity contribution is 5.81. The van der Waals surface area contributed by atoms with Crippen LogP contribution in [-0.2, 0) is 14.3 Å². The van der Waals surface area contributed by atoms with Gasteiger partial charge in [0.15, 0.2) is 0 Å². The van der Waals surface area contributed by atoms with Crippen molar-refractivity contribution in [3.63, 3.8) is 0 Å². The number of nitrogens with zero attached hydrogens (tertiary/aromatic N) is 2. The second-order valence-electron chi connectivity index (χ2n) is 8.03. The monoisotopic (exact) mass is 365 g/mol. The summed E-state index contributed by atoms with van der Waals surface area (Å²) < 4.78 is 5.34. The van der Waals surface area contributed by atoms with Gasteiger partial charge in [0.1, 0.15) is 0 Å². The average Bonchev–Trinajstić information content (AvgIpc) is 2.98. The fraction of sp³-hybridized carbons (Fsp3) is 0.900. The van der Waals surface area contributed by atoms with Gasteiger partial charge in [-0.3, -0.25) is 14.5 Å². The van der Waals surface area contributed by atoms with E-state index in [2.05, 4.69) is 15.1 Å². The average molecular weight is 366 g/mol. The molecule has 6 heteroatoms. The first-order valence-electron chi connectivity index (χ1n) is 10.6. The number of likely N-dealkylation sites (tertiary alicyclic amines) is 1. The van der Waals surface area contributed by atoms with E-state index in [4.69, 9.17) is 4.74 Å². The maximum Gasteiger partial charge on any atom is 0.225 e. The summed E-state index contributed by atoms with van der Waals surface area (Å²) in [6.07, 6.45) is 8.25. The number of ether oxygens (including phenoxy) is 1. The van der Waals surface area contributed by atoms with E-state index in [0.29, 0.717) is 12.5 Å². The summed E-state index contributed by atoms with van der Waals surface area (Å²) in [5, 5.41) is 3.10. The molecule has 148 valence electrons. The van der Waals surface area contributed by atoms with Crippen LogP contribution in [0.25, 0.3) is 0 Å². The fourth-order valence-electron chi connectivity index (χ4n) is 4.46. The number of hydrogen-bond donors (Lipinski definition) is 1. The van der Waals surface area contributed by atoms with Crippen LogP contribution in [0.4, 0.5) is 0 Å². The fourth-order valence-corrected chi connectivity index (χ4v) is 4.46. The summed E-state index contributed by atoms with van der Waals surface area (Å²) in [7, 11) is 0. The lowest BCUT2D eigenvalue weighted by Crippen LogP contribution is -2.43. The van der Waals surface area contributed by atoms with E-state index in [0.717, 1.165) is 84.5 Å². The molecule has 3 rings (SSSR count). The number of carbonyl (C=O) groups excluding carboxylic acids is 2. The van der Waals surface area contributed by atoms with Crippen LogP contribution in [0.5, 0.6) is 0 Å². The Balaban J connectivity index is 1.34. The van der Waals surface area contributed by atoms with Crippen LogP contribution in [0.2, 0.25) is 0 Å². The van der Waals surface area contributed by atoms with E-state index >= 15 is 0 Å². The topological polar surface area (TPSA) is 61.9 Å². The molecule has 2 saturated heterocycles. The first-order chi connectivity index (χ1) is 12.7. The van der Waals surface area contributed by atoms with E-state index in [9.17, 15) is 9.59 Å². The number of rotatable bonds is 5. The highest BCUT2D eigenvalue weighted by Crippen LogP contribution is 2.30. The Labute approximate surface area is 157 Å². The molecule has 0 unspecified atom stereocenters. The molecule has 2 heterocycles. The predicted molar refractivity (Wildman–Crippen MR) is 101 cm³/mol. The third-order valence-electron chi connectivity index (χ3n) is 6.20. The highest BCUT2D eigenvalue weighted by atomic mass is 16.5.